The summed E-state index contributed by atoms with van der Waals surface area (Å²) in [5.74, 6) is 2.06. The fraction of sp³-hybridized carbons (Fsp3) is 0.316. The predicted octanol–water partition coefficient (Wildman–Crippen LogP) is 2.80. The summed E-state index contributed by atoms with van der Waals surface area (Å²) in [6.07, 6.45) is 1.74. The van der Waals surface area contributed by atoms with Gasteiger partial charge >= 0.3 is 0 Å². The normalized spacial score (nSPS) is 15.4. The summed E-state index contributed by atoms with van der Waals surface area (Å²) in [7, 11) is -3.42. The van der Waals surface area contributed by atoms with Crippen LogP contribution in [0.25, 0.3) is 0 Å². The lowest BCUT2D eigenvalue weighted by atomic mass is 10.3. The van der Waals surface area contributed by atoms with Crippen molar-refractivity contribution in [1.29, 1.82) is 0 Å². The molecule has 3 aromatic rings. The molecule has 4 heterocycles. The summed E-state index contributed by atoms with van der Waals surface area (Å²) in [6, 6.07) is 11.1. The van der Waals surface area contributed by atoms with Crippen molar-refractivity contribution in [2.24, 2.45) is 0 Å². The smallest absolute Gasteiger partial charge is 0.252 e. The average Bonchev–Trinajstić information content (AvgIpc) is 3.16. The van der Waals surface area contributed by atoms with E-state index in [1.165, 1.54) is 11.3 Å². The maximum atomic E-state index is 12.8. The fourth-order valence-corrected chi connectivity index (χ4v) is 5.99. The Kier molecular flexibility index (Phi) is 5.48. The number of pyridine rings is 1. The van der Waals surface area contributed by atoms with Gasteiger partial charge in [0.05, 0.1) is 0 Å². The van der Waals surface area contributed by atoms with Crippen molar-refractivity contribution in [1.82, 2.24) is 19.5 Å². The Labute approximate surface area is 174 Å². The molecule has 0 bridgehead atoms. The topological polar surface area (TPSA) is 91.3 Å². The van der Waals surface area contributed by atoms with E-state index in [0.29, 0.717) is 36.2 Å². The van der Waals surface area contributed by atoms with Crippen molar-refractivity contribution in [2.75, 3.05) is 36.4 Å². The second-order valence-corrected chi connectivity index (χ2v) is 10.3. The highest BCUT2D eigenvalue weighted by molar-refractivity contribution is 7.91. The lowest BCUT2D eigenvalue weighted by Crippen LogP contribution is -2.48. The second kappa shape index (κ2) is 8.05. The molecule has 0 aromatic carbocycles. The average molecular weight is 431 g/mol. The number of aryl methyl sites for hydroxylation is 2. The Morgan fingerprint density at radius 2 is 1.76 bits per heavy atom. The molecule has 0 saturated carbocycles. The molecular formula is C19H22N6O2S2. The number of piperazine rings is 1. The third-order valence-corrected chi connectivity index (χ3v) is 8.06. The summed E-state index contributed by atoms with van der Waals surface area (Å²) in [5, 5.41) is 11.6. The lowest BCUT2D eigenvalue weighted by Gasteiger charge is -2.34. The van der Waals surface area contributed by atoms with Crippen LogP contribution in [0, 0.1) is 13.8 Å². The molecule has 0 amide bonds. The van der Waals surface area contributed by atoms with Gasteiger partial charge in [0.25, 0.3) is 10.0 Å². The molecule has 0 radical (unpaired) electrons. The minimum atomic E-state index is -3.42. The van der Waals surface area contributed by atoms with Crippen LogP contribution in [-0.2, 0) is 10.0 Å². The Balaban J connectivity index is 1.38. The molecule has 1 fully saturated rings. The van der Waals surface area contributed by atoms with Crippen molar-refractivity contribution < 1.29 is 8.42 Å². The van der Waals surface area contributed by atoms with Crippen LogP contribution >= 0.6 is 11.3 Å². The van der Waals surface area contributed by atoms with Gasteiger partial charge in [-0.15, -0.1) is 21.5 Å². The van der Waals surface area contributed by atoms with Gasteiger partial charge in [-0.2, -0.15) is 4.31 Å². The van der Waals surface area contributed by atoms with Crippen LogP contribution in [-0.4, -0.2) is 54.1 Å². The SMILES string of the molecule is Cc1ccnc(Nc2ccc(N3CCN(S(=O)(=O)c4ccc(C)s4)CC3)nn2)c1. The Morgan fingerprint density at radius 1 is 0.966 bits per heavy atom. The second-order valence-electron chi connectivity index (χ2n) is 6.88. The van der Waals surface area contributed by atoms with Crippen LogP contribution in [0.5, 0.6) is 0 Å². The molecule has 0 unspecified atom stereocenters. The van der Waals surface area contributed by atoms with E-state index in [9.17, 15) is 8.42 Å². The van der Waals surface area contributed by atoms with Crippen LogP contribution in [0.15, 0.2) is 46.8 Å². The van der Waals surface area contributed by atoms with E-state index < -0.39 is 10.0 Å². The number of nitrogens with zero attached hydrogens (tertiary/aromatic N) is 5. The van der Waals surface area contributed by atoms with Crippen molar-refractivity contribution in [2.45, 2.75) is 18.1 Å². The quantitative estimate of drug-likeness (QED) is 0.665. The van der Waals surface area contributed by atoms with E-state index >= 15 is 0 Å². The molecule has 4 rings (SSSR count). The van der Waals surface area contributed by atoms with Gasteiger partial charge in [0.2, 0.25) is 0 Å². The monoisotopic (exact) mass is 430 g/mol. The van der Waals surface area contributed by atoms with Gasteiger partial charge in [-0.25, -0.2) is 13.4 Å². The number of sulfonamides is 1. The van der Waals surface area contributed by atoms with Crippen molar-refractivity contribution >= 4 is 38.8 Å². The fourth-order valence-electron chi connectivity index (χ4n) is 3.13. The van der Waals surface area contributed by atoms with Crippen LogP contribution in [0.1, 0.15) is 10.4 Å². The molecule has 1 N–H and O–H groups in total. The van der Waals surface area contributed by atoms with Crippen molar-refractivity contribution in [3.8, 4) is 0 Å². The Bertz CT molecular complexity index is 1090. The third-order valence-electron chi connectivity index (χ3n) is 4.69. The molecule has 0 aliphatic carbocycles. The first-order chi connectivity index (χ1) is 13.9. The van der Waals surface area contributed by atoms with Crippen LogP contribution < -0.4 is 10.2 Å². The lowest BCUT2D eigenvalue weighted by molar-refractivity contribution is 0.384. The van der Waals surface area contributed by atoms with Crippen molar-refractivity contribution in [3.05, 3.63) is 53.0 Å². The maximum Gasteiger partial charge on any atom is 0.252 e. The Hall–Kier alpha value is -2.56. The Morgan fingerprint density at radius 3 is 2.38 bits per heavy atom. The standard InChI is InChI=1S/C19H22N6O2S2/c1-14-7-8-20-17(13-14)21-16-4-5-18(23-22-16)24-9-11-25(12-10-24)29(26,27)19-6-3-15(2)28-19/h3-8,13H,9-12H2,1-2H3,(H,20,21,22). The molecule has 8 nitrogen and oxygen atoms in total. The number of rotatable bonds is 5. The highest BCUT2D eigenvalue weighted by Crippen LogP contribution is 2.26. The van der Waals surface area contributed by atoms with Gasteiger partial charge in [-0.3, -0.25) is 0 Å². The third kappa shape index (κ3) is 4.39. The van der Waals surface area contributed by atoms with Gasteiger partial charge in [-0.05, 0) is 55.8 Å². The number of hydrogen-bond donors (Lipinski definition) is 1. The number of hydrogen-bond acceptors (Lipinski definition) is 8. The van der Waals surface area contributed by atoms with E-state index in [-0.39, 0.29) is 0 Å². The summed E-state index contributed by atoms with van der Waals surface area (Å²) in [5.41, 5.74) is 1.11. The minimum absolute atomic E-state index is 0.406. The molecule has 1 aliphatic heterocycles. The zero-order valence-electron chi connectivity index (χ0n) is 16.2. The van der Waals surface area contributed by atoms with Gasteiger partial charge in [0, 0.05) is 37.3 Å². The number of thiophene rings is 1. The van der Waals surface area contributed by atoms with E-state index in [1.807, 2.05) is 49.1 Å². The van der Waals surface area contributed by atoms with Crippen LogP contribution in [0.3, 0.4) is 0 Å². The van der Waals surface area contributed by atoms with E-state index in [1.54, 1.807) is 16.6 Å². The molecule has 152 valence electrons. The molecular weight excluding hydrogens is 408 g/mol. The van der Waals surface area contributed by atoms with Crippen LogP contribution in [0.2, 0.25) is 0 Å². The molecule has 10 heteroatoms. The summed E-state index contributed by atoms with van der Waals surface area (Å²) >= 11 is 1.31. The number of anilines is 3. The first-order valence-corrected chi connectivity index (χ1v) is 11.5. The zero-order chi connectivity index (χ0) is 20.4. The molecule has 0 atom stereocenters. The summed E-state index contributed by atoms with van der Waals surface area (Å²) in [6.45, 7) is 5.91. The molecule has 29 heavy (non-hydrogen) atoms. The number of nitrogens with one attached hydrogen (secondary N) is 1. The van der Waals surface area contributed by atoms with Gasteiger partial charge in [0.15, 0.2) is 11.6 Å². The van der Waals surface area contributed by atoms with Crippen molar-refractivity contribution in [3.63, 3.8) is 0 Å². The summed E-state index contributed by atoms with van der Waals surface area (Å²) < 4.78 is 27.5. The minimum Gasteiger partial charge on any atom is -0.352 e. The van der Waals surface area contributed by atoms with E-state index in [2.05, 4.69) is 20.5 Å². The molecule has 1 aliphatic rings. The number of aromatic nitrogens is 3. The van der Waals surface area contributed by atoms with E-state index in [4.69, 9.17) is 0 Å². The molecule has 3 aromatic heterocycles. The first kappa shape index (κ1) is 19.7. The summed E-state index contributed by atoms with van der Waals surface area (Å²) in [4.78, 5) is 7.30. The van der Waals surface area contributed by atoms with Gasteiger partial charge < -0.3 is 10.2 Å². The van der Waals surface area contributed by atoms with Gasteiger partial charge in [0.1, 0.15) is 10.0 Å². The van der Waals surface area contributed by atoms with Crippen LogP contribution in [0.4, 0.5) is 17.5 Å². The molecule has 0 spiro atoms. The predicted molar refractivity (Wildman–Crippen MR) is 114 cm³/mol. The molecule has 1 saturated heterocycles. The van der Waals surface area contributed by atoms with E-state index in [0.717, 1.165) is 22.1 Å². The maximum absolute atomic E-state index is 12.8. The first-order valence-electron chi connectivity index (χ1n) is 9.27. The highest BCUT2D eigenvalue weighted by Gasteiger charge is 2.30. The zero-order valence-corrected chi connectivity index (χ0v) is 17.9. The highest BCUT2D eigenvalue weighted by atomic mass is 32.2. The van der Waals surface area contributed by atoms with Gasteiger partial charge in [-0.1, -0.05) is 0 Å². The largest absolute Gasteiger partial charge is 0.352 e.